The number of urea groups is 1. The molecular weight excluding hydrogens is 370 g/mol. The number of aromatic amines is 1. The van der Waals surface area contributed by atoms with Crippen LogP contribution in [0.4, 0.5) is 4.79 Å². The van der Waals surface area contributed by atoms with E-state index in [2.05, 4.69) is 15.6 Å². The Morgan fingerprint density at radius 2 is 1.90 bits per heavy atom. The molecule has 3 rings (SSSR count). The van der Waals surface area contributed by atoms with Crippen molar-refractivity contribution in [3.8, 4) is 5.75 Å². The van der Waals surface area contributed by atoms with E-state index in [4.69, 9.17) is 9.84 Å². The van der Waals surface area contributed by atoms with E-state index in [1.807, 2.05) is 54.7 Å². The fraction of sp³-hybridized carbons (Fsp3) is 0.273. The number of aromatic nitrogens is 1. The fourth-order valence-corrected chi connectivity index (χ4v) is 3.00. The summed E-state index contributed by atoms with van der Waals surface area (Å²) in [6, 6.07) is 15.2. The molecule has 29 heavy (non-hydrogen) atoms. The van der Waals surface area contributed by atoms with Gasteiger partial charge in [0, 0.05) is 36.6 Å². The third-order valence-electron chi connectivity index (χ3n) is 4.52. The lowest BCUT2D eigenvalue weighted by atomic mass is 10.1. The van der Waals surface area contributed by atoms with Gasteiger partial charge in [-0.25, -0.2) is 4.79 Å². The number of fused-ring (bicyclic) bond motifs is 1. The highest BCUT2D eigenvalue weighted by molar-refractivity contribution is 5.85. The van der Waals surface area contributed by atoms with Gasteiger partial charge in [-0.1, -0.05) is 30.3 Å². The molecule has 2 aromatic carbocycles. The quantitative estimate of drug-likeness (QED) is 0.395. The SMILES string of the molecule is O=C(O)CCc1c[nH]c2ccc(OCCCNC(=O)NCc3ccccc3)cc12. The molecule has 0 saturated carbocycles. The maximum absolute atomic E-state index is 11.8. The summed E-state index contributed by atoms with van der Waals surface area (Å²) >= 11 is 0. The smallest absolute Gasteiger partial charge is 0.315 e. The van der Waals surface area contributed by atoms with Crippen LogP contribution in [-0.4, -0.2) is 35.2 Å². The Morgan fingerprint density at radius 1 is 1.07 bits per heavy atom. The average molecular weight is 395 g/mol. The number of aryl methyl sites for hydroxylation is 1. The van der Waals surface area contributed by atoms with Crippen LogP contribution in [0.15, 0.2) is 54.7 Å². The zero-order valence-corrected chi connectivity index (χ0v) is 16.1. The molecule has 0 radical (unpaired) electrons. The predicted molar refractivity (Wildman–Crippen MR) is 111 cm³/mol. The highest BCUT2D eigenvalue weighted by Gasteiger charge is 2.07. The van der Waals surface area contributed by atoms with Crippen molar-refractivity contribution in [3.05, 3.63) is 65.9 Å². The first kappa shape index (κ1) is 20.3. The van der Waals surface area contributed by atoms with E-state index in [0.29, 0.717) is 32.5 Å². The summed E-state index contributed by atoms with van der Waals surface area (Å²) in [5.41, 5.74) is 2.97. The number of H-pyrrole nitrogens is 1. The van der Waals surface area contributed by atoms with Gasteiger partial charge in [-0.2, -0.15) is 0 Å². The van der Waals surface area contributed by atoms with Gasteiger partial charge in [-0.3, -0.25) is 4.79 Å². The van der Waals surface area contributed by atoms with Crippen molar-refractivity contribution < 1.29 is 19.4 Å². The van der Waals surface area contributed by atoms with E-state index in [-0.39, 0.29) is 12.5 Å². The predicted octanol–water partition coefficient (Wildman–Crippen LogP) is 3.45. The van der Waals surface area contributed by atoms with Crippen LogP contribution in [0, 0.1) is 0 Å². The summed E-state index contributed by atoms with van der Waals surface area (Å²) in [6.45, 7) is 1.47. The van der Waals surface area contributed by atoms with Crippen molar-refractivity contribution >= 4 is 22.9 Å². The average Bonchev–Trinajstić information content (AvgIpc) is 3.13. The van der Waals surface area contributed by atoms with E-state index >= 15 is 0 Å². The molecule has 3 aromatic rings. The summed E-state index contributed by atoms with van der Waals surface area (Å²) < 4.78 is 5.77. The van der Waals surface area contributed by atoms with Crippen molar-refractivity contribution in [2.24, 2.45) is 0 Å². The molecule has 0 saturated heterocycles. The van der Waals surface area contributed by atoms with Crippen LogP contribution in [0.25, 0.3) is 10.9 Å². The van der Waals surface area contributed by atoms with Crippen molar-refractivity contribution in [2.45, 2.75) is 25.8 Å². The Bertz CT molecular complexity index is 953. The Balaban J connectivity index is 1.38. The number of rotatable bonds is 10. The number of carbonyl (C=O) groups is 2. The van der Waals surface area contributed by atoms with Crippen LogP contribution < -0.4 is 15.4 Å². The zero-order valence-electron chi connectivity index (χ0n) is 16.1. The van der Waals surface area contributed by atoms with E-state index in [1.54, 1.807) is 0 Å². The third kappa shape index (κ3) is 6.27. The minimum atomic E-state index is -0.813. The molecule has 1 heterocycles. The van der Waals surface area contributed by atoms with E-state index in [9.17, 15) is 9.59 Å². The Kier molecular flexibility index (Phi) is 7.10. The van der Waals surface area contributed by atoms with Gasteiger partial charge in [-0.15, -0.1) is 0 Å². The van der Waals surface area contributed by atoms with E-state index in [1.165, 1.54) is 0 Å². The largest absolute Gasteiger partial charge is 0.494 e. The van der Waals surface area contributed by atoms with Gasteiger partial charge in [0.25, 0.3) is 0 Å². The van der Waals surface area contributed by atoms with Crippen molar-refractivity contribution in [3.63, 3.8) is 0 Å². The van der Waals surface area contributed by atoms with E-state index in [0.717, 1.165) is 27.8 Å². The second-order valence-corrected chi connectivity index (χ2v) is 6.71. The Labute approximate surface area is 169 Å². The third-order valence-corrected chi connectivity index (χ3v) is 4.52. The van der Waals surface area contributed by atoms with Crippen LogP contribution in [0.3, 0.4) is 0 Å². The number of benzene rings is 2. The topological polar surface area (TPSA) is 103 Å². The second-order valence-electron chi connectivity index (χ2n) is 6.71. The minimum absolute atomic E-state index is 0.0933. The fourth-order valence-electron chi connectivity index (χ4n) is 3.00. The van der Waals surface area contributed by atoms with Crippen LogP contribution in [0.5, 0.6) is 5.75 Å². The van der Waals surface area contributed by atoms with Gasteiger partial charge in [0.2, 0.25) is 0 Å². The number of carboxylic acids is 1. The monoisotopic (exact) mass is 395 g/mol. The lowest BCUT2D eigenvalue weighted by Crippen LogP contribution is -2.35. The van der Waals surface area contributed by atoms with Crippen LogP contribution in [0.1, 0.15) is 24.0 Å². The molecule has 0 aliphatic heterocycles. The molecule has 0 spiro atoms. The molecule has 152 valence electrons. The van der Waals surface area contributed by atoms with Gasteiger partial charge in [0.1, 0.15) is 5.75 Å². The number of hydrogen-bond acceptors (Lipinski definition) is 3. The number of amides is 2. The summed E-state index contributed by atoms with van der Waals surface area (Å²) in [6.07, 6.45) is 3.09. The number of carbonyl (C=O) groups excluding carboxylic acids is 1. The lowest BCUT2D eigenvalue weighted by Gasteiger charge is -2.09. The highest BCUT2D eigenvalue weighted by Crippen LogP contribution is 2.24. The molecular formula is C22H25N3O4. The molecule has 0 unspecified atom stereocenters. The first-order chi connectivity index (χ1) is 14.1. The molecule has 0 bridgehead atoms. The van der Waals surface area contributed by atoms with Crippen LogP contribution in [0.2, 0.25) is 0 Å². The number of aliphatic carboxylic acids is 1. The first-order valence-corrected chi connectivity index (χ1v) is 9.62. The molecule has 0 atom stereocenters. The number of hydrogen-bond donors (Lipinski definition) is 4. The maximum Gasteiger partial charge on any atom is 0.315 e. The molecule has 1 aromatic heterocycles. The van der Waals surface area contributed by atoms with Gasteiger partial charge in [-0.05, 0) is 42.2 Å². The van der Waals surface area contributed by atoms with Crippen LogP contribution >= 0.6 is 0 Å². The standard InChI is InChI=1S/C22H25N3O4/c26-21(27)10-7-17-15-24-20-9-8-18(13-19(17)20)29-12-4-11-23-22(28)25-14-16-5-2-1-3-6-16/h1-3,5-6,8-9,13,15,24H,4,7,10-12,14H2,(H,26,27)(H2,23,25,28). The molecule has 0 aliphatic rings. The summed E-state index contributed by atoms with van der Waals surface area (Å²) in [7, 11) is 0. The van der Waals surface area contributed by atoms with Crippen molar-refractivity contribution in [1.82, 2.24) is 15.6 Å². The van der Waals surface area contributed by atoms with Gasteiger partial charge >= 0.3 is 12.0 Å². The molecule has 0 fully saturated rings. The normalized spacial score (nSPS) is 10.6. The first-order valence-electron chi connectivity index (χ1n) is 9.62. The molecule has 4 N–H and O–H groups in total. The minimum Gasteiger partial charge on any atom is -0.494 e. The summed E-state index contributed by atoms with van der Waals surface area (Å²) in [5, 5.41) is 15.5. The maximum atomic E-state index is 11.8. The van der Waals surface area contributed by atoms with Crippen LogP contribution in [-0.2, 0) is 17.8 Å². The van der Waals surface area contributed by atoms with Gasteiger partial charge in [0.15, 0.2) is 0 Å². The number of carboxylic acid groups (broad SMARTS) is 1. The Morgan fingerprint density at radius 3 is 2.69 bits per heavy atom. The number of nitrogens with one attached hydrogen (secondary N) is 3. The molecule has 0 aliphatic carbocycles. The highest BCUT2D eigenvalue weighted by atomic mass is 16.5. The van der Waals surface area contributed by atoms with Gasteiger partial charge in [0.05, 0.1) is 6.61 Å². The Hall–Kier alpha value is -3.48. The second kappa shape index (κ2) is 10.2. The molecule has 7 heteroatoms. The molecule has 2 amide bonds. The summed E-state index contributed by atoms with van der Waals surface area (Å²) in [4.78, 5) is 25.7. The molecule has 7 nitrogen and oxygen atoms in total. The van der Waals surface area contributed by atoms with E-state index < -0.39 is 5.97 Å². The van der Waals surface area contributed by atoms with Crippen molar-refractivity contribution in [1.29, 1.82) is 0 Å². The van der Waals surface area contributed by atoms with Crippen molar-refractivity contribution in [2.75, 3.05) is 13.2 Å². The lowest BCUT2D eigenvalue weighted by molar-refractivity contribution is -0.136. The number of ether oxygens (including phenoxy) is 1. The van der Waals surface area contributed by atoms with Gasteiger partial charge < -0.3 is 25.5 Å². The zero-order chi connectivity index (χ0) is 20.5. The summed E-state index contributed by atoms with van der Waals surface area (Å²) in [5.74, 6) is -0.0886.